The fourth-order valence-electron chi connectivity index (χ4n) is 4.28. The fourth-order valence-corrected chi connectivity index (χ4v) is 4.86. The van der Waals surface area contributed by atoms with Crippen LogP contribution in [-0.2, 0) is 16.0 Å². The minimum Gasteiger partial charge on any atom is -0.496 e. The molecule has 2 amide bonds. The lowest BCUT2D eigenvalue weighted by Crippen LogP contribution is -2.48. The van der Waals surface area contributed by atoms with E-state index in [-0.39, 0.29) is 17.9 Å². The fraction of sp³-hybridized carbons (Fsp3) is 0.636. The zero-order chi connectivity index (χ0) is 19.9. The number of hydrogen-bond acceptors (Lipinski definition) is 3. The first kappa shape index (κ1) is 21.2. The van der Waals surface area contributed by atoms with Gasteiger partial charge in [0.2, 0.25) is 11.8 Å². The van der Waals surface area contributed by atoms with Crippen molar-refractivity contribution in [2.45, 2.75) is 63.8 Å². The number of carbonyl (C=O) groups is 2. The Bertz CT molecular complexity index is 680. The minimum absolute atomic E-state index is 0.0870. The van der Waals surface area contributed by atoms with Crippen LogP contribution in [0.1, 0.15) is 56.9 Å². The van der Waals surface area contributed by atoms with Gasteiger partial charge >= 0.3 is 0 Å². The van der Waals surface area contributed by atoms with E-state index < -0.39 is 0 Å². The Labute approximate surface area is 176 Å². The highest BCUT2D eigenvalue weighted by molar-refractivity contribution is 9.10. The number of carbonyl (C=O) groups excluding carboxylic acids is 2. The second kappa shape index (κ2) is 10.3. The lowest BCUT2D eigenvalue weighted by atomic mass is 9.87. The summed E-state index contributed by atoms with van der Waals surface area (Å²) in [4.78, 5) is 27.0. The molecule has 0 radical (unpaired) electrons. The number of amides is 2. The van der Waals surface area contributed by atoms with Crippen molar-refractivity contribution < 1.29 is 14.3 Å². The molecule has 1 aromatic carbocycles. The van der Waals surface area contributed by atoms with Gasteiger partial charge < -0.3 is 15.0 Å². The number of aryl methyl sites for hydroxylation is 1. The van der Waals surface area contributed by atoms with Crippen molar-refractivity contribution in [3.05, 3.63) is 28.2 Å². The van der Waals surface area contributed by atoms with Crippen LogP contribution in [-0.4, -0.2) is 43.0 Å². The molecule has 0 atom stereocenters. The molecule has 154 valence electrons. The summed E-state index contributed by atoms with van der Waals surface area (Å²) in [7, 11) is 1.64. The first-order valence-electron chi connectivity index (χ1n) is 10.5. The van der Waals surface area contributed by atoms with E-state index in [0.29, 0.717) is 18.7 Å². The molecule has 0 bridgehead atoms. The molecule has 6 heteroatoms. The Morgan fingerprint density at radius 1 is 1.14 bits per heavy atom. The molecule has 0 unspecified atom stereocenters. The molecule has 1 aliphatic carbocycles. The number of methoxy groups -OCH3 is 1. The monoisotopic (exact) mass is 450 g/mol. The highest BCUT2D eigenvalue weighted by Gasteiger charge is 2.29. The predicted molar refractivity (Wildman–Crippen MR) is 113 cm³/mol. The van der Waals surface area contributed by atoms with E-state index >= 15 is 0 Å². The predicted octanol–water partition coefficient (Wildman–Crippen LogP) is 4.08. The van der Waals surface area contributed by atoms with Crippen molar-refractivity contribution in [3.63, 3.8) is 0 Å². The number of ether oxygens (including phenoxy) is 1. The van der Waals surface area contributed by atoms with Gasteiger partial charge in [-0.15, -0.1) is 0 Å². The molecule has 2 fully saturated rings. The van der Waals surface area contributed by atoms with Crippen molar-refractivity contribution in [1.82, 2.24) is 10.2 Å². The Morgan fingerprint density at radius 3 is 2.50 bits per heavy atom. The average molecular weight is 451 g/mol. The maximum atomic E-state index is 12.6. The van der Waals surface area contributed by atoms with E-state index in [1.54, 1.807) is 7.11 Å². The summed E-state index contributed by atoms with van der Waals surface area (Å²) < 4.78 is 6.14. The van der Waals surface area contributed by atoms with Gasteiger partial charge in [0, 0.05) is 31.5 Å². The summed E-state index contributed by atoms with van der Waals surface area (Å²) in [6.07, 6.45) is 8.64. The third-order valence-electron chi connectivity index (χ3n) is 5.98. The molecular formula is C22H31BrN2O3. The van der Waals surface area contributed by atoms with Crippen LogP contribution < -0.4 is 10.1 Å². The topological polar surface area (TPSA) is 58.6 Å². The second-order valence-electron chi connectivity index (χ2n) is 7.97. The SMILES string of the molecule is COc1ccc(CCC(=O)NC2CCN(C(=O)C3CCCCC3)CC2)cc1Br. The Kier molecular flexibility index (Phi) is 7.77. The standard InChI is InChI=1S/C22H31BrN2O3/c1-28-20-9-7-16(15-19(20)23)8-10-21(26)24-18-11-13-25(14-12-18)22(27)17-5-3-2-4-6-17/h7,9,15,17-18H,2-6,8,10-14H2,1H3,(H,24,26). The molecule has 1 N–H and O–H groups in total. The van der Waals surface area contributed by atoms with Crippen LogP contribution in [0.15, 0.2) is 22.7 Å². The molecule has 1 saturated heterocycles. The minimum atomic E-state index is 0.0870. The van der Waals surface area contributed by atoms with Crippen LogP contribution in [0.4, 0.5) is 0 Å². The van der Waals surface area contributed by atoms with Crippen molar-refractivity contribution in [2.75, 3.05) is 20.2 Å². The Hall–Kier alpha value is -1.56. The van der Waals surface area contributed by atoms with Crippen molar-refractivity contribution in [3.8, 4) is 5.75 Å². The zero-order valence-corrected chi connectivity index (χ0v) is 18.3. The number of halogens is 1. The third-order valence-corrected chi connectivity index (χ3v) is 6.60. The summed E-state index contributed by atoms with van der Waals surface area (Å²) in [5.74, 6) is 1.46. The lowest BCUT2D eigenvalue weighted by Gasteiger charge is -2.35. The first-order valence-corrected chi connectivity index (χ1v) is 11.3. The molecular weight excluding hydrogens is 420 g/mol. The summed E-state index contributed by atoms with van der Waals surface area (Å²) in [6, 6.07) is 6.09. The normalized spacial score (nSPS) is 18.7. The van der Waals surface area contributed by atoms with Gasteiger partial charge in [-0.05, 0) is 65.7 Å². The maximum Gasteiger partial charge on any atom is 0.225 e. The van der Waals surface area contributed by atoms with Crippen LogP contribution in [0.5, 0.6) is 5.75 Å². The third kappa shape index (κ3) is 5.72. The van der Waals surface area contributed by atoms with Gasteiger partial charge in [0.15, 0.2) is 0 Å². The van der Waals surface area contributed by atoms with Gasteiger partial charge in [0.1, 0.15) is 5.75 Å². The first-order chi connectivity index (χ1) is 13.6. The molecule has 0 aromatic heterocycles. The van der Waals surface area contributed by atoms with E-state index in [4.69, 9.17) is 4.74 Å². The van der Waals surface area contributed by atoms with E-state index in [2.05, 4.69) is 21.2 Å². The quantitative estimate of drug-likeness (QED) is 0.709. The summed E-state index contributed by atoms with van der Waals surface area (Å²) >= 11 is 3.48. The molecule has 1 aromatic rings. The maximum absolute atomic E-state index is 12.6. The molecule has 1 aliphatic heterocycles. The molecule has 5 nitrogen and oxygen atoms in total. The molecule has 1 saturated carbocycles. The number of piperidine rings is 1. The van der Waals surface area contributed by atoms with Crippen molar-refractivity contribution in [1.29, 1.82) is 0 Å². The van der Waals surface area contributed by atoms with Crippen LogP contribution in [0, 0.1) is 5.92 Å². The summed E-state index contributed by atoms with van der Waals surface area (Å²) in [5.41, 5.74) is 1.11. The molecule has 2 aliphatic rings. The number of rotatable bonds is 6. The number of hydrogen-bond donors (Lipinski definition) is 1. The second-order valence-corrected chi connectivity index (χ2v) is 8.83. The molecule has 3 rings (SSSR count). The lowest BCUT2D eigenvalue weighted by molar-refractivity contribution is -0.137. The van der Waals surface area contributed by atoms with Gasteiger partial charge in [0.05, 0.1) is 11.6 Å². The van der Waals surface area contributed by atoms with Crippen LogP contribution in [0.25, 0.3) is 0 Å². The largest absolute Gasteiger partial charge is 0.496 e. The number of benzene rings is 1. The van der Waals surface area contributed by atoms with Gasteiger partial charge in [-0.3, -0.25) is 9.59 Å². The van der Waals surface area contributed by atoms with E-state index in [1.807, 2.05) is 23.1 Å². The molecule has 0 spiro atoms. The van der Waals surface area contributed by atoms with Crippen molar-refractivity contribution >= 4 is 27.7 Å². The average Bonchev–Trinajstić information content (AvgIpc) is 2.73. The van der Waals surface area contributed by atoms with Crippen molar-refractivity contribution in [2.24, 2.45) is 5.92 Å². The number of nitrogens with zero attached hydrogens (tertiary/aromatic N) is 1. The van der Waals surface area contributed by atoms with Gasteiger partial charge in [-0.1, -0.05) is 25.3 Å². The van der Waals surface area contributed by atoms with E-state index in [0.717, 1.165) is 54.6 Å². The summed E-state index contributed by atoms with van der Waals surface area (Å²) in [6.45, 7) is 1.54. The smallest absolute Gasteiger partial charge is 0.225 e. The Morgan fingerprint density at radius 2 is 1.86 bits per heavy atom. The van der Waals surface area contributed by atoms with Crippen LogP contribution in [0.2, 0.25) is 0 Å². The summed E-state index contributed by atoms with van der Waals surface area (Å²) in [5, 5.41) is 3.15. The molecule has 1 heterocycles. The number of nitrogens with one attached hydrogen (secondary N) is 1. The van der Waals surface area contributed by atoms with E-state index in [1.165, 1.54) is 19.3 Å². The highest BCUT2D eigenvalue weighted by Crippen LogP contribution is 2.27. The van der Waals surface area contributed by atoms with Gasteiger partial charge in [-0.2, -0.15) is 0 Å². The number of likely N-dealkylation sites (tertiary alicyclic amines) is 1. The van der Waals surface area contributed by atoms with Crippen LogP contribution >= 0.6 is 15.9 Å². The van der Waals surface area contributed by atoms with Gasteiger partial charge in [0.25, 0.3) is 0 Å². The zero-order valence-electron chi connectivity index (χ0n) is 16.7. The van der Waals surface area contributed by atoms with Crippen LogP contribution in [0.3, 0.4) is 0 Å². The highest BCUT2D eigenvalue weighted by atomic mass is 79.9. The molecule has 28 heavy (non-hydrogen) atoms. The van der Waals surface area contributed by atoms with E-state index in [9.17, 15) is 9.59 Å². The Balaban J connectivity index is 1.38. The van der Waals surface area contributed by atoms with Gasteiger partial charge in [-0.25, -0.2) is 0 Å².